The summed E-state index contributed by atoms with van der Waals surface area (Å²) in [7, 11) is 0. The molecule has 0 aromatic carbocycles. The van der Waals surface area contributed by atoms with Crippen molar-refractivity contribution in [3.05, 3.63) is 6.33 Å². The molecule has 8 nitrogen and oxygen atoms in total. The van der Waals surface area contributed by atoms with E-state index in [0.717, 1.165) is 0 Å². The molecule has 0 saturated heterocycles. The first-order chi connectivity index (χ1) is 8.31. The molecule has 92 valence electrons. The summed E-state index contributed by atoms with van der Waals surface area (Å²) in [5, 5.41) is 11.6. The minimum Gasteiger partial charge on any atom is -0.394 e. The largest absolute Gasteiger partial charge is 0.394 e. The predicted octanol–water partition coefficient (Wildman–Crippen LogP) is -0.644. The molecule has 2 aromatic rings. The summed E-state index contributed by atoms with van der Waals surface area (Å²) in [5.74, 6) is 0.765. The lowest BCUT2D eigenvalue weighted by molar-refractivity contribution is 0.0992. The highest BCUT2D eigenvalue weighted by molar-refractivity contribution is 5.83. The Bertz CT molecular complexity index is 485. The number of ether oxygens (including phenoxy) is 1. The second-order valence-corrected chi connectivity index (χ2v) is 3.29. The number of nitrogen functional groups attached to an aromatic ring is 1. The summed E-state index contributed by atoms with van der Waals surface area (Å²) in [6.07, 6.45) is 1.53. The number of nitrogens with two attached hydrogens (primary N) is 1. The molecule has 0 aliphatic carbocycles. The number of nitrogens with zero attached hydrogens (tertiary/aromatic N) is 3. The first kappa shape index (κ1) is 11.6. The first-order valence-electron chi connectivity index (χ1n) is 5.20. The number of aliphatic hydroxyl groups excluding tert-OH is 1. The van der Waals surface area contributed by atoms with Gasteiger partial charge in [-0.3, -0.25) is 0 Å². The zero-order valence-electron chi connectivity index (χ0n) is 9.18. The van der Waals surface area contributed by atoms with Gasteiger partial charge in [-0.25, -0.2) is 4.98 Å². The van der Waals surface area contributed by atoms with E-state index in [0.29, 0.717) is 36.7 Å². The summed E-state index contributed by atoms with van der Waals surface area (Å²) in [4.78, 5) is 15.0. The molecule has 0 spiro atoms. The average Bonchev–Trinajstić information content (AvgIpc) is 2.76. The van der Waals surface area contributed by atoms with E-state index in [-0.39, 0.29) is 12.6 Å². The Kier molecular flexibility index (Phi) is 3.68. The Hall–Kier alpha value is -1.93. The number of hydrogen-bond donors (Lipinski definition) is 4. The fourth-order valence-corrected chi connectivity index (χ4v) is 1.39. The SMILES string of the molecule is Nc1nc(NCCOCCO)c2[nH]cnc2n1. The van der Waals surface area contributed by atoms with Gasteiger partial charge in [-0.2, -0.15) is 9.97 Å². The summed E-state index contributed by atoms with van der Waals surface area (Å²) in [5.41, 5.74) is 6.79. The molecule has 0 bridgehead atoms. The quantitative estimate of drug-likeness (QED) is 0.493. The van der Waals surface area contributed by atoms with Crippen molar-refractivity contribution < 1.29 is 9.84 Å². The van der Waals surface area contributed by atoms with Crippen LogP contribution in [0.5, 0.6) is 0 Å². The molecule has 0 aliphatic heterocycles. The molecule has 2 rings (SSSR count). The summed E-state index contributed by atoms with van der Waals surface area (Å²) in [6.45, 7) is 1.38. The van der Waals surface area contributed by atoms with Crippen LogP contribution in [0.4, 0.5) is 11.8 Å². The van der Waals surface area contributed by atoms with Gasteiger partial charge in [-0.1, -0.05) is 0 Å². The van der Waals surface area contributed by atoms with Crippen LogP contribution in [-0.4, -0.2) is 51.4 Å². The van der Waals surface area contributed by atoms with E-state index in [1.54, 1.807) is 0 Å². The monoisotopic (exact) mass is 238 g/mol. The zero-order valence-corrected chi connectivity index (χ0v) is 9.18. The molecule has 17 heavy (non-hydrogen) atoms. The number of aromatic nitrogens is 4. The van der Waals surface area contributed by atoms with Gasteiger partial charge in [0, 0.05) is 6.54 Å². The third-order valence-electron chi connectivity index (χ3n) is 2.08. The van der Waals surface area contributed by atoms with Gasteiger partial charge in [0.1, 0.15) is 5.52 Å². The Morgan fingerprint density at radius 2 is 2.29 bits per heavy atom. The Morgan fingerprint density at radius 1 is 1.41 bits per heavy atom. The normalized spacial score (nSPS) is 10.9. The van der Waals surface area contributed by atoms with Crippen LogP contribution in [0.25, 0.3) is 11.2 Å². The Morgan fingerprint density at radius 3 is 3.12 bits per heavy atom. The number of hydrogen-bond acceptors (Lipinski definition) is 7. The van der Waals surface area contributed by atoms with Gasteiger partial charge in [0.05, 0.1) is 26.1 Å². The molecule has 8 heteroatoms. The Balaban J connectivity index is 2.00. The van der Waals surface area contributed by atoms with Crippen LogP contribution in [-0.2, 0) is 4.74 Å². The summed E-state index contributed by atoms with van der Waals surface area (Å²) < 4.78 is 5.12. The van der Waals surface area contributed by atoms with E-state index in [1.165, 1.54) is 6.33 Å². The van der Waals surface area contributed by atoms with Gasteiger partial charge >= 0.3 is 0 Å². The Labute approximate surface area is 97.2 Å². The van der Waals surface area contributed by atoms with Gasteiger partial charge in [-0.05, 0) is 0 Å². The van der Waals surface area contributed by atoms with E-state index >= 15 is 0 Å². The molecular formula is C9H14N6O2. The number of rotatable bonds is 6. The van der Waals surface area contributed by atoms with Gasteiger partial charge in [-0.15, -0.1) is 0 Å². The van der Waals surface area contributed by atoms with Crippen LogP contribution in [0.1, 0.15) is 0 Å². The lowest BCUT2D eigenvalue weighted by atomic mass is 10.5. The number of anilines is 2. The fraction of sp³-hybridized carbons (Fsp3) is 0.444. The van der Waals surface area contributed by atoms with E-state index in [2.05, 4.69) is 25.3 Å². The maximum atomic E-state index is 8.54. The molecule has 0 atom stereocenters. The lowest BCUT2D eigenvalue weighted by Crippen LogP contribution is -2.13. The lowest BCUT2D eigenvalue weighted by Gasteiger charge is -2.06. The van der Waals surface area contributed by atoms with Crippen molar-refractivity contribution in [3.8, 4) is 0 Å². The van der Waals surface area contributed by atoms with Crippen LogP contribution in [0, 0.1) is 0 Å². The van der Waals surface area contributed by atoms with Gasteiger partial charge < -0.3 is 25.9 Å². The highest BCUT2D eigenvalue weighted by Crippen LogP contribution is 2.16. The molecule has 0 saturated carbocycles. The van der Waals surface area contributed by atoms with E-state index in [4.69, 9.17) is 15.6 Å². The van der Waals surface area contributed by atoms with Gasteiger partial charge in [0.15, 0.2) is 11.5 Å². The molecule has 0 unspecified atom stereocenters. The van der Waals surface area contributed by atoms with Crippen LogP contribution < -0.4 is 11.1 Å². The number of aromatic amines is 1. The average molecular weight is 238 g/mol. The highest BCUT2D eigenvalue weighted by atomic mass is 16.5. The molecule has 2 aromatic heterocycles. The molecule has 0 fully saturated rings. The number of nitrogens with one attached hydrogen (secondary N) is 2. The minimum absolute atomic E-state index is 0.0191. The van der Waals surface area contributed by atoms with Crippen molar-refractivity contribution in [1.29, 1.82) is 0 Å². The van der Waals surface area contributed by atoms with E-state index in [1.807, 2.05) is 0 Å². The van der Waals surface area contributed by atoms with E-state index < -0.39 is 0 Å². The first-order valence-corrected chi connectivity index (χ1v) is 5.20. The van der Waals surface area contributed by atoms with Crippen molar-refractivity contribution in [2.75, 3.05) is 37.4 Å². The van der Waals surface area contributed by atoms with Crippen molar-refractivity contribution in [3.63, 3.8) is 0 Å². The number of aliphatic hydroxyl groups is 1. The number of H-pyrrole nitrogens is 1. The van der Waals surface area contributed by atoms with Crippen molar-refractivity contribution in [2.24, 2.45) is 0 Å². The molecule has 2 heterocycles. The fourth-order valence-electron chi connectivity index (χ4n) is 1.39. The zero-order chi connectivity index (χ0) is 12.1. The van der Waals surface area contributed by atoms with Gasteiger partial charge in [0.25, 0.3) is 0 Å². The van der Waals surface area contributed by atoms with Crippen LogP contribution in [0.15, 0.2) is 6.33 Å². The maximum Gasteiger partial charge on any atom is 0.224 e. The maximum absolute atomic E-state index is 8.54. The second-order valence-electron chi connectivity index (χ2n) is 3.29. The molecule has 0 aliphatic rings. The number of imidazole rings is 1. The highest BCUT2D eigenvalue weighted by Gasteiger charge is 2.07. The summed E-state index contributed by atoms with van der Waals surface area (Å²) in [6, 6.07) is 0. The molecular weight excluding hydrogens is 224 g/mol. The third kappa shape index (κ3) is 2.80. The van der Waals surface area contributed by atoms with Crippen LogP contribution >= 0.6 is 0 Å². The van der Waals surface area contributed by atoms with Crippen molar-refractivity contribution >= 4 is 22.9 Å². The number of fused-ring (bicyclic) bond motifs is 1. The van der Waals surface area contributed by atoms with E-state index in [9.17, 15) is 0 Å². The van der Waals surface area contributed by atoms with Crippen molar-refractivity contribution in [1.82, 2.24) is 19.9 Å². The smallest absolute Gasteiger partial charge is 0.224 e. The topological polar surface area (TPSA) is 122 Å². The molecule has 0 radical (unpaired) electrons. The molecule has 5 N–H and O–H groups in total. The summed E-state index contributed by atoms with van der Waals surface area (Å²) >= 11 is 0. The predicted molar refractivity (Wildman–Crippen MR) is 62.5 cm³/mol. The van der Waals surface area contributed by atoms with Crippen molar-refractivity contribution in [2.45, 2.75) is 0 Å². The second kappa shape index (κ2) is 5.41. The molecule has 0 amide bonds. The standard InChI is InChI=1S/C9H14N6O2/c10-9-14-7(11-1-3-17-4-2-16)6-8(15-9)13-5-12-6/h5,16H,1-4H2,(H4,10,11,12,13,14,15). The van der Waals surface area contributed by atoms with Crippen LogP contribution in [0.3, 0.4) is 0 Å². The third-order valence-corrected chi connectivity index (χ3v) is 2.08. The minimum atomic E-state index is 0.0191. The van der Waals surface area contributed by atoms with Crippen LogP contribution in [0.2, 0.25) is 0 Å². The van der Waals surface area contributed by atoms with Gasteiger partial charge in [0.2, 0.25) is 5.95 Å².